The third-order valence-electron chi connectivity index (χ3n) is 2.08. The van der Waals surface area contributed by atoms with E-state index in [0.717, 1.165) is 0 Å². The molecule has 1 N–H and O–H groups in total. The fraction of sp³-hybridized carbons (Fsp3) is 0.250. The second-order valence-corrected chi connectivity index (χ2v) is 3.37. The number of amides is 1. The molecule has 0 saturated carbocycles. The highest BCUT2D eigenvalue weighted by atomic mass is 19.2. The van der Waals surface area contributed by atoms with Gasteiger partial charge in [-0.1, -0.05) is 12.2 Å². The minimum Gasteiger partial charge on any atom is -0.352 e. The molecule has 0 unspecified atom stereocenters. The van der Waals surface area contributed by atoms with Gasteiger partial charge in [0, 0.05) is 12.1 Å². The van der Waals surface area contributed by atoms with Crippen LogP contribution in [-0.2, 0) is 0 Å². The predicted octanol–water partition coefficient (Wildman–Crippen LogP) is 2.80. The van der Waals surface area contributed by atoms with Gasteiger partial charge in [-0.3, -0.25) is 4.79 Å². The van der Waals surface area contributed by atoms with Crippen LogP contribution in [0, 0.1) is 17.5 Å². The van der Waals surface area contributed by atoms with Gasteiger partial charge in [0.2, 0.25) is 0 Å². The molecule has 0 aromatic heterocycles. The second-order valence-electron chi connectivity index (χ2n) is 3.37. The normalized spacial score (nSPS) is 10.8. The van der Waals surface area contributed by atoms with Gasteiger partial charge >= 0.3 is 0 Å². The van der Waals surface area contributed by atoms with Crippen LogP contribution in [0.3, 0.4) is 0 Å². The Bertz CT molecular complexity index is 420. The Morgan fingerprint density at radius 3 is 2.41 bits per heavy atom. The molecular weight excluding hydrogens is 231 g/mol. The van der Waals surface area contributed by atoms with Crippen molar-refractivity contribution >= 4 is 5.91 Å². The molecule has 1 amide bonds. The summed E-state index contributed by atoms with van der Waals surface area (Å²) in [5.41, 5.74) is -0.234. The molecule has 0 heterocycles. The lowest BCUT2D eigenvalue weighted by molar-refractivity contribution is 0.0953. The molecule has 1 aromatic rings. The molecule has 5 heteroatoms. The molecule has 0 atom stereocenters. The summed E-state index contributed by atoms with van der Waals surface area (Å²) < 4.78 is 38.3. The van der Waals surface area contributed by atoms with Gasteiger partial charge in [0.25, 0.3) is 5.91 Å². The van der Waals surface area contributed by atoms with Gasteiger partial charge in [0.1, 0.15) is 0 Å². The second kappa shape index (κ2) is 6.08. The Hall–Kier alpha value is -1.78. The van der Waals surface area contributed by atoms with E-state index < -0.39 is 23.4 Å². The van der Waals surface area contributed by atoms with E-state index in [1.54, 1.807) is 0 Å². The SMILES string of the molecule is C/C=C/CCNC(=O)c1cc(F)c(F)c(F)c1. The van der Waals surface area contributed by atoms with Crippen LogP contribution in [0.15, 0.2) is 24.3 Å². The van der Waals surface area contributed by atoms with Crippen molar-refractivity contribution < 1.29 is 18.0 Å². The van der Waals surface area contributed by atoms with Gasteiger partial charge in [0.05, 0.1) is 0 Å². The molecule has 17 heavy (non-hydrogen) atoms. The Balaban J connectivity index is 2.69. The summed E-state index contributed by atoms with van der Waals surface area (Å²) in [6.07, 6.45) is 4.28. The Morgan fingerprint density at radius 2 is 1.88 bits per heavy atom. The smallest absolute Gasteiger partial charge is 0.251 e. The number of hydrogen-bond acceptors (Lipinski definition) is 1. The first-order chi connectivity index (χ1) is 8.06. The lowest BCUT2D eigenvalue weighted by Gasteiger charge is -2.04. The molecule has 0 bridgehead atoms. The molecule has 0 fully saturated rings. The summed E-state index contributed by atoms with van der Waals surface area (Å²) in [5, 5.41) is 2.46. The van der Waals surface area contributed by atoms with E-state index in [0.29, 0.717) is 25.1 Å². The average molecular weight is 243 g/mol. The first kappa shape index (κ1) is 13.3. The van der Waals surface area contributed by atoms with E-state index in [9.17, 15) is 18.0 Å². The van der Waals surface area contributed by atoms with Gasteiger partial charge in [-0.2, -0.15) is 0 Å². The largest absolute Gasteiger partial charge is 0.352 e. The maximum absolute atomic E-state index is 12.8. The van der Waals surface area contributed by atoms with Crippen LogP contribution in [0.1, 0.15) is 23.7 Å². The van der Waals surface area contributed by atoms with Crippen molar-refractivity contribution in [1.82, 2.24) is 5.32 Å². The van der Waals surface area contributed by atoms with Crippen LogP contribution >= 0.6 is 0 Å². The summed E-state index contributed by atoms with van der Waals surface area (Å²) >= 11 is 0. The van der Waals surface area contributed by atoms with E-state index >= 15 is 0 Å². The summed E-state index contributed by atoms with van der Waals surface area (Å²) in [7, 11) is 0. The summed E-state index contributed by atoms with van der Waals surface area (Å²) in [5.74, 6) is -4.95. The highest BCUT2D eigenvalue weighted by molar-refractivity contribution is 5.94. The number of rotatable bonds is 4. The molecule has 0 saturated heterocycles. The highest BCUT2D eigenvalue weighted by Crippen LogP contribution is 2.13. The molecule has 1 rings (SSSR count). The number of halogens is 3. The van der Waals surface area contributed by atoms with E-state index in [4.69, 9.17) is 0 Å². The third kappa shape index (κ3) is 3.62. The number of hydrogen-bond donors (Lipinski definition) is 1. The number of carbonyl (C=O) groups is 1. The van der Waals surface area contributed by atoms with Gasteiger partial charge in [0.15, 0.2) is 17.5 Å². The van der Waals surface area contributed by atoms with Gasteiger partial charge in [-0.15, -0.1) is 0 Å². The van der Waals surface area contributed by atoms with E-state index in [1.165, 1.54) is 0 Å². The molecule has 2 nitrogen and oxygen atoms in total. The molecule has 0 aliphatic carbocycles. The summed E-state index contributed by atoms with van der Waals surface area (Å²) in [6, 6.07) is 1.34. The number of benzene rings is 1. The topological polar surface area (TPSA) is 29.1 Å². The quantitative estimate of drug-likeness (QED) is 0.491. The zero-order valence-electron chi connectivity index (χ0n) is 9.27. The van der Waals surface area contributed by atoms with Crippen molar-refractivity contribution in [2.24, 2.45) is 0 Å². The van der Waals surface area contributed by atoms with Crippen molar-refractivity contribution in [1.29, 1.82) is 0 Å². The number of allylic oxidation sites excluding steroid dienone is 1. The molecule has 1 aromatic carbocycles. The van der Waals surface area contributed by atoms with E-state index in [2.05, 4.69) is 5.32 Å². The molecule has 0 spiro atoms. The zero-order valence-corrected chi connectivity index (χ0v) is 9.27. The zero-order chi connectivity index (χ0) is 12.8. The van der Waals surface area contributed by atoms with Crippen molar-refractivity contribution in [3.05, 3.63) is 47.3 Å². The van der Waals surface area contributed by atoms with E-state index in [1.807, 2.05) is 19.1 Å². The Labute approximate surface area is 97.1 Å². The number of nitrogens with one attached hydrogen (secondary N) is 1. The molecule has 92 valence electrons. The Kier molecular flexibility index (Phi) is 4.75. The van der Waals surface area contributed by atoms with Crippen molar-refractivity contribution in [3.8, 4) is 0 Å². The monoisotopic (exact) mass is 243 g/mol. The van der Waals surface area contributed by atoms with Gasteiger partial charge in [-0.25, -0.2) is 13.2 Å². The highest BCUT2D eigenvalue weighted by Gasteiger charge is 2.14. The van der Waals surface area contributed by atoms with Gasteiger partial charge < -0.3 is 5.32 Å². The van der Waals surface area contributed by atoms with Crippen molar-refractivity contribution in [2.45, 2.75) is 13.3 Å². The van der Waals surface area contributed by atoms with E-state index in [-0.39, 0.29) is 5.56 Å². The predicted molar refractivity (Wildman–Crippen MR) is 58.1 cm³/mol. The fourth-order valence-corrected chi connectivity index (χ4v) is 1.22. The first-order valence-corrected chi connectivity index (χ1v) is 5.10. The first-order valence-electron chi connectivity index (χ1n) is 5.10. The minimum atomic E-state index is -1.57. The molecule has 0 aliphatic heterocycles. The average Bonchev–Trinajstić information content (AvgIpc) is 2.30. The maximum Gasteiger partial charge on any atom is 0.251 e. The lowest BCUT2D eigenvalue weighted by atomic mass is 10.2. The van der Waals surface area contributed by atoms with Crippen molar-refractivity contribution in [2.75, 3.05) is 6.54 Å². The van der Waals surface area contributed by atoms with Crippen LogP contribution in [0.4, 0.5) is 13.2 Å². The van der Waals surface area contributed by atoms with Crippen LogP contribution < -0.4 is 5.32 Å². The Morgan fingerprint density at radius 1 is 1.29 bits per heavy atom. The summed E-state index contributed by atoms with van der Waals surface area (Å²) in [4.78, 5) is 11.4. The lowest BCUT2D eigenvalue weighted by Crippen LogP contribution is -2.24. The molecule has 0 radical (unpaired) electrons. The minimum absolute atomic E-state index is 0.234. The molecular formula is C12H12F3NO. The van der Waals surface area contributed by atoms with Crippen LogP contribution in [0.2, 0.25) is 0 Å². The number of carbonyl (C=O) groups excluding carboxylic acids is 1. The van der Waals surface area contributed by atoms with Crippen LogP contribution in [-0.4, -0.2) is 12.5 Å². The summed E-state index contributed by atoms with van der Waals surface area (Å²) in [6.45, 7) is 2.19. The van der Waals surface area contributed by atoms with Crippen LogP contribution in [0.25, 0.3) is 0 Å². The van der Waals surface area contributed by atoms with Gasteiger partial charge in [-0.05, 0) is 25.5 Å². The molecule has 0 aliphatic rings. The fourth-order valence-electron chi connectivity index (χ4n) is 1.22. The van der Waals surface area contributed by atoms with Crippen LogP contribution in [0.5, 0.6) is 0 Å². The maximum atomic E-state index is 12.8. The third-order valence-corrected chi connectivity index (χ3v) is 2.08. The van der Waals surface area contributed by atoms with Crippen molar-refractivity contribution in [3.63, 3.8) is 0 Å². The standard InChI is InChI=1S/C12H12F3NO/c1-2-3-4-5-16-12(17)8-6-9(13)11(15)10(14)7-8/h2-3,6-7H,4-5H2,1H3,(H,16,17)/b3-2+.